The molecule has 0 unspecified atom stereocenters. The first-order valence-corrected chi connectivity index (χ1v) is 9.44. The first kappa shape index (κ1) is 18.6. The van der Waals surface area contributed by atoms with Crippen molar-refractivity contribution in [2.45, 2.75) is 18.5 Å². The van der Waals surface area contributed by atoms with E-state index in [4.69, 9.17) is 9.84 Å². The molecule has 0 aliphatic carbocycles. The first-order valence-electron chi connectivity index (χ1n) is 9.44. The van der Waals surface area contributed by atoms with E-state index >= 15 is 0 Å². The molecule has 3 aromatic rings. The van der Waals surface area contributed by atoms with Crippen LogP contribution in [-0.4, -0.2) is 22.9 Å². The summed E-state index contributed by atoms with van der Waals surface area (Å²) in [7, 11) is 1.64. The Bertz CT molecular complexity index is 1060. The van der Waals surface area contributed by atoms with Crippen LogP contribution < -0.4 is 4.74 Å². The normalized spacial score (nSPS) is 16.8. The minimum Gasteiger partial charge on any atom is -0.508 e. The van der Waals surface area contributed by atoms with Gasteiger partial charge in [0, 0.05) is 12.0 Å². The number of aromatic hydroxyl groups is 1. The lowest BCUT2D eigenvalue weighted by molar-refractivity contribution is 0.194. The summed E-state index contributed by atoms with van der Waals surface area (Å²) in [4.78, 5) is 0. The third-order valence-electron chi connectivity index (χ3n) is 5.17. The van der Waals surface area contributed by atoms with Gasteiger partial charge in [0.25, 0.3) is 0 Å². The molecule has 1 heterocycles. The Labute approximate surface area is 170 Å². The molecular weight excluding hydrogens is 362 g/mol. The van der Waals surface area contributed by atoms with Crippen LogP contribution in [0.3, 0.4) is 0 Å². The van der Waals surface area contributed by atoms with E-state index in [1.165, 1.54) is 0 Å². The summed E-state index contributed by atoms with van der Waals surface area (Å²) >= 11 is 0. The molecule has 0 fully saturated rings. The molecule has 0 saturated heterocycles. The monoisotopic (exact) mass is 383 g/mol. The van der Waals surface area contributed by atoms with Crippen molar-refractivity contribution in [3.8, 4) is 17.6 Å². The van der Waals surface area contributed by atoms with Gasteiger partial charge in [-0.05, 0) is 41.5 Å². The molecule has 5 nitrogen and oxygen atoms in total. The maximum Gasteiger partial charge on any atom is 0.162 e. The van der Waals surface area contributed by atoms with E-state index < -0.39 is 6.04 Å². The summed E-state index contributed by atoms with van der Waals surface area (Å²) in [6.07, 6.45) is 0.669. The van der Waals surface area contributed by atoms with Gasteiger partial charge in [0.15, 0.2) is 6.04 Å². The smallest absolute Gasteiger partial charge is 0.162 e. The summed E-state index contributed by atoms with van der Waals surface area (Å²) in [5.74, 6) is 0.881. The quantitative estimate of drug-likeness (QED) is 0.686. The van der Waals surface area contributed by atoms with E-state index in [1.807, 2.05) is 65.7 Å². The average molecular weight is 383 g/mol. The highest BCUT2D eigenvalue weighted by Gasteiger charge is 2.35. The fourth-order valence-corrected chi connectivity index (χ4v) is 3.66. The van der Waals surface area contributed by atoms with Crippen molar-refractivity contribution in [3.63, 3.8) is 0 Å². The molecule has 4 rings (SSSR count). The number of benzene rings is 3. The Morgan fingerprint density at radius 2 is 1.72 bits per heavy atom. The van der Waals surface area contributed by atoms with Gasteiger partial charge in [-0.25, -0.2) is 0 Å². The molecule has 3 aromatic carbocycles. The van der Waals surface area contributed by atoms with E-state index in [0.717, 1.165) is 22.6 Å². The minimum atomic E-state index is -0.697. The third-order valence-corrected chi connectivity index (χ3v) is 5.17. The van der Waals surface area contributed by atoms with Crippen LogP contribution in [0.25, 0.3) is 0 Å². The maximum absolute atomic E-state index is 10.3. The molecule has 29 heavy (non-hydrogen) atoms. The van der Waals surface area contributed by atoms with Crippen molar-refractivity contribution in [2.24, 2.45) is 5.10 Å². The zero-order chi connectivity index (χ0) is 20.2. The highest BCUT2D eigenvalue weighted by atomic mass is 16.5. The number of hydrogen-bond acceptors (Lipinski definition) is 5. The van der Waals surface area contributed by atoms with E-state index in [1.54, 1.807) is 25.3 Å². The Morgan fingerprint density at radius 1 is 1.03 bits per heavy atom. The van der Waals surface area contributed by atoms with Gasteiger partial charge in [0.05, 0.1) is 24.9 Å². The molecule has 1 aliphatic rings. The minimum absolute atomic E-state index is 0.0963. The van der Waals surface area contributed by atoms with Gasteiger partial charge in [-0.15, -0.1) is 0 Å². The lowest BCUT2D eigenvalue weighted by Gasteiger charge is -2.28. The second kappa shape index (κ2) is 8.07. The van der Waals surface area contributed by atoms with E-state index in [0.29, 0.717) is 12.0 Å². The number of nitrogens with zero attached hydrogens (tertiary/aromatic N) is 3. The van der Waals surface area contributed by atoms with Crippen LogP contribution in [0.1, 0.15) is 35.2 Å². The number of para-hydroxylation sites is 1. The molecule has 2 atom stereocenters. The van der Waals surface area contributed by atoms with Crippen LogP contribution >= 0.6 is 0 Å². The van der Waals surface area contributed by atoms with Crippen molar-refractivity contribution >= 4 is 5.71 Å². The Morgan fingerprint density at radius 3 is 2.38 bits per heavy atom. The fraction of sp³-hybridized carbons (Fsp3) is 0.167. The van der Waals surface area contributed by atoms with Crippen LogP contribution in [-0.2, 0) is 0 Å². The second-order valence-corrected chi connectivity index (χ2v) is 6.88. The number of hydrogen-bond donors (Lipinski definition) is 1. The van der Waals surface area contributed by atoms with Crippen LogP contribution in [0.2, 0.25) is 0 Å². The van der Waals surface area contributed by atoms with Crippen LogP contribution in [0.15, 0.2) is 84.0 Å². The van der Waals surface area contributed by atoms with Crippen molar-refractivity contribution in [2.75, 3.05) is 7.11 Å². The number of rotatable bonds is 5. The molecule has 0 spiro atoms. The molecule has 1 aliphatic heterocycles. The van der Waals surface area contributed by atoms with E-state index in [9.17, 15) is 10.4 Å². The summed E-state index contributed by atoms with van der Waals surface area (Å²) in [5, 5.41) is 26.9. The summed E-state index contributed by atoms with van der Waals surface area (Å²) in [6, 6.07) is 26.3. The van der Waals surface area contributed by atoms with E-state index in [2.05, 4.69) is 6.07 Å². The standard InChI is InChI=1S/C24H21N3O2/c1-29-19-13-11-17(12-14-19)21-15-22(18-7-3-2-4-8-18)27(26-21)23(16-25)20-9-5-6-10-24(20)28/h2-14,22-23,28H,15H2,1H3/t22-,23-/m0/s1. The lowest BCUT2D eigenvalue weighted by Crippen LogP contribution is -2.24. The highest BCUT2D eigenvalue weighted by Crippen LogP contribution is 2.40. The van der Waals surface area contributed by atoms with Gasteiger partial charge < -0.3 is 9.84 Å². The van der Waals surface area contributed by atoms with Crippen LogP contribution in [0.4, 0.5) is 0 Å². The van der Waals surface area contributed by atoms with Gasteiger partial charge >= 0.3 is 0 Å². The summed E-state index contributed by atoms with van der Waals surface area (Å²) < 4.78 is 5.25. The number of nitriles is 1. The predicted octanol–water partition coefficient (Wildman–Crippen LogP) is 4.82. The van der Waals surface area contributed by atoms with Crippen molar-refractivity contribution in [1.29, 1.82) is 5.26 Å². The van der Waals surface area contributed by atoms with Gasteiger partial charge in [-0.3, -0.25) is 5.01 Å². The molecular formula is C24H21N3O2. The fourth-order valence-electron chi connectivity index (χ4n) is 3.66. The number of hydrazone groups is 1. The zero-order valence-electron chi connectivity index (χ0n) is 16.1. The maximum atomic E-state index is 10.3. The molecule has 0 radical (unpaired) electrons. The molecule has 1 N–H and O–H groups in total. The Kier molecular flexibility index (Phi) is 5.17. The number of methoxy groups -OCH3 is 1. The zero-order valence-corrected chi connectivity index (χ0v) is 16.1. The second-order valence-electron chi connectivity index (χ2n) is 6.88. The summed E-state index contributed by atoms with van der Waals surface area (Å²) in [6.45, 7) is 0. The molecule has 5 heteroatoms. The van der Waals surface area contributed by atoms with Gasteiger partial charge in [-0.1, -0.05) is 48.5 Å². The van der Waals surface area contributed by atoms with E-state index in [-0.39, 0.29) is 11.8 Å². The molecule has 0 amide bonds. The Balaban J connectivity index is 1.76. The molecule has 0 saturated carbocycles. The largest absolute Gasteiger partial charge is 0.508 e. The average Bonchev–Trinajstić information content (AvgIpc) is 3.21. The highest BCUT2D eigenvalue weighted by molar-refractivity contribution is 6.02. The van der Waals surface area contributed by atoms with Crippen LogP contribution in [0.5, 0.6) is 11.5 Å². The molecule has 144 valence electrons. The topological polar surface area (TPSA) is 68.8 Å². The predicted molar refractivity (Wildman–Crippen MR) is 112 cm³/mol. The van der Waals surface area contributed by atoms with Crippen LogP contribution in [0, 0.1) is 11.3 Å². The number of phenols is 1. The molecule has 0 bridgehead atoms. The number of ether oxygens (including phenoxy) is 1. The van der Waals surface area contributed by atoms with Gasteiger partial charge in [-0.2, -0.15) is 10.4 Å². The van der Waals surface area contributed by atoms with Crippen molar-refractivity contribution in [3.05, 3.63) is 95.6 Å². The number of phenolic OH excluding ortho intramolecular Hbond substituents is 1. The molecule has 0 aromatic heterocycles. The summed E-state index contributed by atoms with van der Waals surface area (Å²) in [5.41, 5.74) is 3.52. The van der Waals surface area contributed by atoms with Gasteiger partial charge in [0.1, 0.15) is 11.5 Å². The Hall–Kier alpha value is -3.78. The lowest BCUT2D eigenvalue weighted by atomic mass is 9.96. The SMILES string of the molecule is COc1ccc(C2=NN([C@@H](C#N)c3ccccc3O)[C@H](c3ccccc3)C2)cc1. The first-order chi connectivity index (χ1) is 14.2. The third kappa shape index (κ3) is 3.65. The van der Waals surface area contributed by atoms with Crippen molar-refractivity contribution < 1.29 is 9.84 Å². The van der Waals surface area contributed by atoms with Crippen molar-refractivity contribution in [1.82, 2.24) is 5.01 Å². The van der Waals surface area contributed by atoms with Gasteiger partial charge in [0.2, 0.25) is 0 Å².